The van der Waals surface area contributed by atoms with Crippen LogP contribution >= 0.6 is 23.2 Å². The number of hydrogen-bond acceptors (Lipinski definition) is 4. The van der Waals surface area contributed by atoms with Crippen LogP contribution in [0.1, 0.15) is 5.82 Å². The molecular formula is C12H14Cl2N4O. The maximum atomic E-state index is 5.97. The van der Waals surface area contributed by atoms with E-state index in [4.69, 9.17) is 27.9 Å². The number of aryl methyl sites for hydroxylation is 1. The summed E-state index contributed by atoms with van der Waals surface area (Å²) in [6, 6.07) is 1.83. The summed E-state index contributed by atoms with van der Waals surface area (Å²) in [4.78, 5) is 8.99. The van der Waals surface area contributed by atoms with E-state index in [2.05, 4.69) is 19.7 Å². The summed E-state index contributed by atoms with van der Waals surface area (Å²) in [6.07, 6.45) is 2.35. The maximum absolute atomic E-state index is 5.97. The number of ether oxygens (including phenoxy) is 1. The number of halogens is 2. The fourth-order valence-corrected chi connectivity index (χ4v) is 2.59. The highest BCUT2D eigenvalue weighted by molar-refractivity contribution is 6.31. The van der Waals surface area contributed by atoms with Crippen molar-refractivity contribution in [2.45, 2.75) is 6.42 Å². The molecule has 0 spiro atoms. The summed E-state index contributed by atoms with van der Waals surface area (Å²) < 4.78 is 7.44. The molecule has 1 fully saturated rings. The zero-order valence-corrected chi connectivity index (χ0v) is 11.9. The predicted molar refractivity (Wildman–Crippen MR) is 75.7 cm³/mol. The van der Waals surface area contributed by atoms with E-state index in [1.54, 1.807) is 6.20 Å². The van der Waals surface area contributed by atoms with Gasteiger partial charge in [-0.05, 0) is 6.07 Å². The van der Waals surface area contributed by atoms with Crippen LogP contribution in [-0.2, 0) is 11.2 Å². The summed E-state index contributed by atoms with van der Waals surface area (Å²) in [6.45, 7) is 3.08. The lowest BCUT2D eigenvalue weighted by atomic mass is 10.4. The molecule has 102 valence electrons. The van der Waals surface area contributed by atoms with Crippen LogP contribution in [0.4, 0.5) is 0 Å². The highest BCUT2D eigenvalue weighted by Crippen LogP contribution is 2.19. The Morgan fingerprint density at radius 1 is 1.32 bits per heavy atom. The second kappa shape index (κ2) is 5.53. The lowest BCUT2D eigenvalue weighted by Crippen LogP contribution is -2.44. The molecule has 0 aliphatic carbocycles. The Labute approximate surface area is 121 Å². The van der Waals surface area contributed by atoms with Gasteiger partial charge in [-0.2, -0.15) is 0 Å². The van der Waals surface area contributed by atoms with Gasteiger partial charge in [0.25, 0.3) is 0 Å². The van der Waals surface area contributed by atoms with Gasteiger partial charge in [-0.15, -0.1) is 11.6 Å². The number of aromatic nitrogens is 3. The summed E-state index contributed by atoms with van der Waals surface area (Å²) in [7, 11) is 0. The first-order valence-corrected chi connectivity index (χ1v) is 7.12. The topological polar surface area (TPSA) is 43.2 Å². The standard InChI is InChI=1S/C12H14Cl2N4O/c13-2-1-11-16-10-7-9(14)8-15-12(10)18(11)17-3-5-19-6-4-17/h7-8H,1-6H2. The van der Waals surface area contributed by atoms with Crippen LogP contribution in [0.5, 0.6) is 0 Å². The van der Waals surface area contributed by atoms with Crippen LogP contribution < -0.4 is 5.01 Å². The minimum absolute atomic E-state index is 0.529. The van der Waals surface area contributed by atoms with Gasteiger partial charge in [0.2, 0.25) is 0 Å². The number of hydrogen-bond donors (Lipinski definition) is 0. The van der Waals surface area contributed by atoms with Crippen molar-refractivity contribution in [1.82, 2.24) is 14.6 Å². The van der Waals surface area contributed by atoms with Crippen LogP contribution in [0.25, 0.3) is 11.2 Å². The number of pyridine rings is 1. The van der Waals surface area contributed by atoms with Gasteiger partial charge in [-0.25, -0.2) is 14.6 Å². The van der Waals surface area contributed by atoms with Crippen LogP contribution in [0.15, 0.2) is 12.3 Å². The Hall–Kier alpha value is -1.04. The molecule has 0 aromatic carbocycles. The smallest absolute Gasteiger partial charge is 0.179 e. The molecule has 3 heterocycles. The van der Waals surface area contributed by atoms with Crippen molar-refractivity contribution in [2.75, 3.05) is 37.2 Å². The maximum Gasteiger partial charge on any atom is 0.179 e. The van der Waals surface area contributed by atoms with Gasteiger partial charge in [0.1, 0.15) is 11.3 Å². The van der Waals surface area contributed by atoms with Crippen molar-refractivity contribution in [3.05, 3.63) is 23.1 Å². The highest BCUT2D eigenvalue weighted by Gasteiger charge is 2.19. The molecule has 1 aliphatic rings. The molecule has 0 amide bonds. The van der Waals surface area contributed by atoms with Gasteiger partial charge >= 0.3 is 0 Å². The van der Waals surface area contributed by atoms with Crippen molar-refractivity contribution >= 4 is 34.4 Å². The van der Waals surface area contributed by atoms with Gasteiger partial charge in [0.15, 0.2) is 5.65 Å². The molecule has 0 atom stereocenters. The Balaban J connectivity index is 2.09. The second-order valence-corrected chi connectivity index (χ2v) is 5.16. The molecule has 0 radical (unpaired) electrons. The average Bonchev–Trinajstić information content (AvgIpc) is 2.77. The normalized spacial score (nSPS) is 16.2. The van der Waals surface area contributed by atoms with E-state index in [0.29, 0.717) is 30.5 Å². The Bertz CT molecular complexity index is 580. The van der Waals surface area contributed by atoms with E-state index in [1.165, 1.54) is 0 Å². The fraction of sp³-hybridized carbons (Fsp3) is 0.500. The number of alkyl halides is 1. The van der Waals surface area contributed by atoms with Gasteiger partial charge in [-0.1, -0.05) is 11.6 Å². The van der Waals surface area contributed by atoms with Crippen molar-refractivity contribution in [1.29, 1.82) is 0 Å². The van der Waals surface area contributed by atoms with Gasteiger partial charge in [0.05, 0.1) is 31.3 Å². The molecule has 2 aromatic heterocycles. The van der Waals surface area contributed by atoms with Crippen LogP contribution in [0.3, 0.4) is 0 Å². The first-order valence-electron chi connectivity index (χ1n) is 6.21. The van der Waals surface area contributed by atoms with Crippen molar-refractivity contribution in [3.8, 4) is 0 Å². The molecule has 7 heteroatoms. The molecule has 1 saturated heterocycles. The van der Waals surface area contributed by atoms with E-state index < -0.39 is 0 Å². The molecular weight excluding hydrogens is 287 g/mol. The first-order chi connectivity index (χ1) is 9.29. The molecule has 0 N–H and O–H groups in total. The lowest BCUT2D eigenvalue weighted by molar-refractivity contribution is 0.111. The lowest BCUT2D eigenvalue weighted by Gasteiger charge is -2.30. The highest BCUT2D eigenvalue weighted by atomic mass is 35.5. The third kappa shape index (κ3) is 2.50. The molecule has 5 nitrogen and oxygen atoms in total. The summed E-state index contributed by atoms with van der Waals surface area (Å²) in [5.74, 6) is 1.45. The second-order valence-electron chi connectivity index (χ2n) is 4.34. The average molecular weight is 301 g/mol. The van der Waals surface area contributed by atoms with Gasteiger partial charge in [0, 0.05) is 18.5 Å². The molecule has 0 saturated carbocycles. The van der Waals surface area contributed by atoms with Crippen molar-refractivity contribution in [3.63, 3.8) is 0 Å². The van der Waals surface area contributed by atoms with Crippen LogP contribution in [0, 0.1) is 0 Å². The van der Waals surface area contributed by atoms with E-state index >= 15 is 0 Å². The van der Waals surface area contributed by atoms with E-state index in [9.17, 15) is 0 Å². The molecule has 0 bridgehead atoms. The van der Waals surface area contributed by atoms with Crippen molar-refractivity contribution < 1.29 is 4.74 Å². The van der Waals surface area contributed by atoms with Gasteiger partial charge in [-0.3, -0.25) is 0 Å². The SMILES string of the molecule is ClCCc1nc2cc(Cl)cnc2n1N1CCOCC1. The van der Waals surface area contributed by atoms with E-state index in [-0.39, 0.29) is 0 Å². The van der Waals surface area contributed by atoms with Crippen LogP contribution in [0.2, 0.25) is 5.02 Å². The predicted octanol–water partition coefficient (Wildman–Crippen LogP) is 1.83. The molecule has 1 aliphatic heterocycles. The summed E-state index contributed by atoms with van der Waals surface area (Å²) >= 11 is 11.8. The summed E-state index contributed by atoms with van der Waals surface area (Å²) in [5.41, 5.74) is 1.63. The zero-order valence-electron chi connectivity index (χ0n) is 10.4. The van der Waals surface area contributed by atoms with E-state index in [0.717, 1.165) is 30.1 Å². The van der Waals surface area contributed by atoms with Gasteiger partial charge < -0.3 is 9.75 Å². The zero-order chi connectivity index (χ0) is 13.2. The molecule has 19 heavy (non-hydrogen) atoms. The number of rotatable bonds is 3. The minimum atomic E-state index is 0.529. The first kappa shape index (κ1) is 13.0. The number of imidazole rings is 1. The van der Waals surface area contributed by atoms with Crippen molar-refractivity contribution in [2.24, 2.45) is 0 Å². The minimum Gasteiger partial charge on any atom is -0.378 e. The molecule has 2 aromatic rings. The molecule has 3 rings (SSSR count). The van der Waals surface area contributed by atoms with Crippen LogP contribution in [-0.4, -0.2) is 46.8 Å². The monoisotopic (exact) mass is 300 g/mol. The third-order valence-corrected chi connectivity index (χ3v) is 3.49. The molecule has 0 unspecified atom stereocenters. The quantitative estimate of drug-likeness (QED) is 0.811. The largest absolute Gasteiger partial charge is 0.378 e. The third-order valence-electron chi connectivity index (χ3n) is 3.10. The summed E-state index contributed by atoms with van der Waals surface area (Å²) in [5, 5.41) is 2.79. The fourth-order valence-electron chi connectivity index (χ4n) is 2.27. The van der Waals surface area contributed by atoms with E-state index in [1.807, 2.05) is 6.07 Å². The Morgan fingerprint density at radius 3 is 2.84 bits per heavy atom. The number of fused-ring (bicyclic) bond motifs is 1. The Kier molecular flexibility index (Phi) is 3.77. The Morgan fingerprint density at radius 2 is 2.11 bits per heavy atom. The number of morpholine rings is 1. The number of nitrogens with zero attached hydrogens (tertiary/aromatic N) is 4.